The van der Waals surface area contributed by atoms with Gasteiger partial charge in [-0.15, -0.1) is 0 Å². The smallest absolute Gasteiger partial charge is 0.344 e. The van der Waals surface area contributed by atoms with Gasteiger partial charge in [0.25, 0.3) is 5.69 Å². The number of aliphatic imine (C=N–C) groups is 1. The number of nitro groups is 1. The van der Waals surface area contributed by atoms with Gasteiger partial charge in [-0.25, -0.2) is 4.79 Å². The fourth-order valence-electron chi connectivity index (χ4n) is 2.97. The molecule has 7 nitrogen and oxygen atoms in total. The predicted molar refractivity (Wildman–Crippen MR) is 115 cm³/mol. The second-order valence-electron chi connectivity index (χ2n) is 6.39. The van der Waals surface area contributed by atoms with Crippen LogP contribution in [0.3, 0.4) is 0 Å². The van der Waals surface area contributed by atoms with E-state index in [-0.39, 0.29) is 5.56 Å². The summed E-state index contributed by atoms with van der Waals surface area (Å²) in [5.41, 5.74) is 1.25. The summed E-state index contributed by atoms with van der Waals surface area (Å²) in [6.45, 7) is 0. The van der Waals surface area contributed by atoms with E-state index in [0.29, 0.717) is 26.9 Å². The van der Waals surface area contributed by atoms with E-state index < -0.39 is 22.0 Å². The van der Waals surface area contributed by atoms with Crippen LogP contribution < -0.4 is 10.7 Å². The van der Waals surface area contributed by atoms with Crippen molar-refractivity contribution in [2.75, 3.05) is 0 Å². The molecule has 0 amide bonds. The zero-order chi connectivity index (χ0) is 21.3. The third-order valence-corrected chi connectivity index (χ3v) is 4.89. The molecule has 0 fully saturated rings. The van der Waals surface area contributed by atoms with Crippen LogP contribution in [0.4, 0.5) is 11.4 Å². The summed E-state index contributed by atoms with van der Waals surface area (Å²) in [6.07, 6.45) is 1.28. The number of para-hydroxylation sites is 1. The molecule has 0 aliphatic heterocycles. The fourth-order valence-corrected chi connectivity index (χ4v) is 3.43. The van der Waals surface area contributed by atoms with Gasteiger partial charge in [0.2, 0.25) is 0 Å². The molecule has 0 atom stereocenters. The maximum Gasteiger partial charge on any atom is 0.344 e. The van der Waals surface area contributed by atoms with E-state index in [1.165, 1.54) is 12.3 Å². The van der Waals surface area contributed by atoms with Gasteiger partial charge in [0, 0.05) is 22.1 Å². The van der Waals surface area contributed by atoms with E-state index in [4.69, 9.17) is 4.42 Å². The molecule has 0 aliphatic carbocycles. The molecule has 30 heavy (non-hydrogen) atoms. The van der Waals surface area contributed by atoms with Crippen LogP contribution in [0.2, 0.25) is 0 Å². The molecule has 0 saturated carbocycles. The van der Waals surface area contributed by atoms with Gasteiger partial charge in [-0.3, -0.25) is 15.1 Å². The molecule has 1 aromatic heterocycles. The van der Waals surface area contributed by atoms with Crippen molar-refractivity contribution < 1.29 is 14.4 Å². The molecule has 0 spiro atoms. The third kappa shape index (κ3) is 3.85. The van der Waals surface area contributed by atoms with Crippen LogP contribution >= 0.6 is 15.9 Å². The Labute approximate surface area is 178 Å². The van der Waals surface area contributed by atoms with E-state index >= 15 is 0 Å². The first-order valence-corrected chi connectivity index (χ1v) is 9.54. The largest absolute Gasteiger partial charge is 0.867 e. The summed E-state index contributed by atoms with van der Waals surface area (Å²) in [7, 11) is 0. The van der Waals surface area contributed by atoms with Crippen LogP contribution in [0.15, 0.2) is 85.4 Å². The van der Waals surface area contributed by atoms with Gasteiger partial charge in [-0.05, 0) is 47.2 Å². The van der Waals surface area contributed by atoms with Gasteiger partial charge < -0.3 is 9.52 Å². The SMILES string of the molecule is O=c1oc2ccccc2cc1-c1ccc(N=Cc2cc(Br)cc([N+](=O)[O-])c2[O-])cc1. The molecule has 4 aromatic rings. The Kier molecular flexibility index (Phi) is 5.16. The Morgan fingerprint density at radius 3 is 2.50 bits per heavy atom. The summed E-state index contributed by atoms with van der Waals surface area (Å²) in [6, 6.07) is 18.4. The van der Waals surface area contributed by atoms with Crippen LogP contribution in [0.25, 0.3) is 22.1 Å². The number of halogens is 1. The monoisotopic (exact) mass is 463 g/mol. The fraction of sp³-hybridized carbons (Fsp3) is 0. The number of rotatable bonds is 4. The number of nitrogens with zero attached hydrogens (tertiary/aromatic N) is 2. The quantitative estimate of drug-likeness (QED) is 0.184. The van der Waals surface area contributed by atoms with Crippen LogP contribution in [0, 0.1) is 10.1 Å². The summed E-state index contributed by atoms with van der Waals surface area (Å²) in [5, 5.41) is 24.0. The first kappa shape index (κ1) is 19.5. The number of nitro benzene ring substituents is 1. The van der Waals surface area contributed by atoms with Crippen LogP contribution in [-0.4, -0.2) is 11.1 Å². The highest BCUT2D eigenvalue weighted by Crippen LogP contribution is 2.31. The Morgan fingerprint density at radius 1 is 1.03 bits per heavy atom. The maximum atomic E-state index is 12.3. The van der Waals surface area contributed by atoms with Crippen LogP contribution in [0.1, 0.15) is 5.56 Å². The topological polar surface area (TPSA) is 109 Å². The minimum Gasteiger partial charge on any atom is -0.867 e. The highest BCUT2D eigenvalue weighted by atomic mass is 79.9. The van der Waals surface area contributed by atoms with E-state index in [0.717, 1.165) is 11.5 Å². The van der Waals surface area contributed by atoms with E-state index in [1.807, 2.05) is 12.1 Å². The molecule has 0 bridgehead atoms. The molecule has 3 aromatic carbocycles. The first-order valence-electron chi connectivity index (χ1n) is 8.75. The van der Waals surface area contributed by atoms with E-state index in [9.17, 15) is 20.0 Å². The number of hydrogen-bond acceptors (Lipinski definition) is 6. The summed E-state index contributed by atoms with van der Waals surface area (Å²) in [4.78, 5) is 26.8. The van der Waals surface area contributed by atoms with Crippen molar-refractivity contribution in [3.63, 3.8) is 0 Å². The molecular weight excluding hydrogens is 452 g/mol. The standard InChI is InChI=1S/C22H13BrN2O5/c23-16-9-15(21(26)19(11-16)25(28)29)12-24-17-7-5-13(6-8-17)18-10-14-3-1-2-4-20(14)30-22(18)27/h1-12,26H/p-1. The van der Waals surface area contributed by atoms with E-state index in [2.05, 4.69) is 20.9 Å². The minimum atomic E-state index is -0.728. The molecule has 1 heterocycles. The minimum absolute atomic E-state index is 0.0929. The van der Waals surface area contributed by atoms with Crippen molar-refractivity contribution in [1.29, 1.82) is 0 Å². The maximum absolute atomic E-state index is 12.3. The molecule has 148 valence electrons. The Bertz CT molecular complexity index is 1360. The highest BCUT2D eigenvalue weighted by Gasteiger charge is 2.11. The summed E-state index contributed by atoms with van der Waals surface area (Å²) >= 11 is 3.16. The van der Waals surface area contributed by atoms with Crippen molar-refractivity contribution in [3.8, 4) is 16.9 Å². The lowest BCUT2D eigenvalue weighted by Crippen LogP contribution is -2.02. The molecule has 0 unspecified atom stereocenters. The van der Waals surface area contributed by atoms with Crippen LogP contribution in [0.5, 0.6) is 5.75 Å². The Balaban J connectivity index is 1.65. The third-order valence-electron chi connectivity index (χ3n) is 4.43. The lowest BCUT2D eigenvalue weighted by atomic mass is 10.1. The normalized spacial score (nSPS) is 11.2. The Hall–Kier alpha value is -3.78. The Morgan fingerprint density at radius 2 is 1.77 bits per heavy atom. The van der Waals surface area contributed by atoms with E-state index in [1.54, 1.807) is 42.5 Å². The van der Waals surface area contributed by atoms with Crippen molar-refractivity contribution >= 4 is 44.5 Å². The molecule has 0 N–H and O–H groups in total. The summed E-state index contributed by atoms with van der Waals surface area (Å²) in [5.74, 6) is -0.711. The first-order chi connectivity index (χ1) is 14.4. The average molecular weight is 464 g/mol. The average Bonchev–Trinajstić information content (AvgIpc) is 2.74. The number of benzene rings is 3. The second-order valence-corrected chi connectivity index (χ2v) is 7.31. The van der Waals surface area contributed by atoms with Crippen LogP contribution in [-0.2, 0) is 0 Å². The van der Waals surface area contributed by atoms with Gasteiger partial charge in [-0.2, -0.15) is 0 Å². The number of hydrogen-bond donors (Lipinski definition) is 0. The van der Waals surface area contributed by atoms with Gasteiger partial charge in [0.15, 0.2) is 0 Å². The van der Waals surface area contributed by atoms with Crippen molar-refractivity contribution in [1.82, 2.24) is 0 Å². The van der Waals surface area contributed by atoms with Gasteiger partial charge in [0.05, 0.1) is 16.2 Å². The molecular formula is C22H12BrN2O5-. The lowest BCUT2D eigenvalue weighted by molar-refractivity contribution is -0.398. The zero-order valence-corrected chi connectivity index (χ0v) is 16.8. The van der Waals surface area contributed by atoms with Gasteiger partial charge in [0.1, 0.15) is 5.58 Å². The molecule has 4 rings (SSSR count). The zero-order valence-electron chi connectivity index (χ0n) is 15.2. The lowest BCUT2D eigenvalue weighted by Gasteiger charge is -2.10. The molecule has 0 aliphatic rings. The van der Waals surface area contributed by atoms with Crippen molar-refractivity contribution in [2.24, 2.45) is 4.99 Å². The molecule has 0 radical (unpaired) electrons. The van der Waals surface area contributed by atoms with Crippen molar-refractivity contribution in [2.45, 2.75) is 0 Å². The number of fused-ring (bicyclic) bond motifs is 1. The van der Waals surface area contributed by atoms with Gasteiger partial charge in [-0.1, -0.05) is 46.3 Å². The summed E-state index contributed by atoms with van der Waals surface area (Å²) < 4.78 is 5.77. The van der Waals surface area contributed by atoms with Gasteiger partial charge >= 0.3 is 5.63 Å². The molecule has 0 saturated heterocycles. The predicted octanol–water partition coefficient (Wildman–Crippen LogP) is 4.95. The molecule has 8 heteroatoms. The van der Waals surface area contributed by atoms with Crippen molar-refractivity contribution in [3.05, 3.63) is 97.3 Å². The highest BCUT2D eigenvalue weighted by molar-refractivity contribution is 9.10. The second kappa shape index (κ2) is 7.92.